The Morgan fingerprint density at radius 2 is 2.20 bits per heavy atom. The van der Waals surface area contributed by atoms with Gasteiger partial charge < -0.3 is 9.84 Å². The van der Waals surface area contributed by atoms with Gasteiger partial charge in [-0.05, 0) is 19.1 Å². The van der Waals surface area contributed by atoms with Gasteiger partial charge in [-0.25, -0.2) is 0 Å². The fraction of sp³-hybridized carbons (Fsp3) is 0.182. The van der Waals surface area contributed by atoms with Gasteiger partial charge in [0.1, 0.15) is 5.56 Å². The van der Waals surface area contributed by atoms with E-state index in [1.54, 1.807) is 14.0 Å². The Morgan fingerprint density at radius 3 is 2.75 bits per heavy atom. The normalized spacial score (nSPS) is 10.1. The number of hydrogen-bond donors (Lipinski definition) is 2. The van der Waals surface area contributed by atoms with Crippen LogP contribution in [-0.4, -0.2) is 28.0 Å². The van der Waals surface area contributed by atoms with E-state index in [1.807, 2.05) is 0 Å². The second-order valence-corrected chi connectivity index (χ2v) is 3.84. The summed E-state index contributed by atoms with van der Waals surface area (Å²) in [6, 6.07) is 4.01. The van der Waals surface area contributed by atoms with Crippen LogP contribution >= 0.6 is 0 Å². The average Bonchev–Trinajstić information content (AvgIpc) is 2.83. The molecular formula is C11H11N5O4. The second-order valence-electron chi connectivity index (χ2n) is 3.84. The summed E-state index contributed by atoms with van der Waals surface area (Å²) < 4.78 is 4.73. The third kappa shape index (κ3) is 2.71. The van der Waals surface area contributed by atoms with Crippen LogP contribution in [0.5, 0.6) is 0 Å². The molecule has 0 spiro atoms. The van der Waals surface area contributed by atoms with Crippen LogP contribution in [0.15, 0.2) is 22.7 Å². The molecule has 1 aromatic heterocycles. The molecule has 0 aliphatic rings. The lowest BCUT2D eigenvalue weighted by atomic mass is 10.1. The van der Waals surface area contributed by atoms with Crippen molar-refractivity contribution in [2.75, 3.05) is 17.7 Å². The fourth-order valence-electron chi connectivity index (χ4n) is 1.54. The molecule has 0 radical (unpaired) electrons. The SMILES string of the molecule is CNc1ccc([N+](=O)[O-])c(C(=O)Nc2nc(C)no2)c1. The van der Waals surface area contributed by atoms with Gasteiger partial charge in [0.05, 0.1) is 4.92 Å². The van der Waals surface area contributed by atoms with E-state index in [0.29, 0.717) is 11.5 Å². The Balaban J connectivity index is 2.34. The number of benzene rings is 1. The lowest BCUT2D eigenvalue weighted by Crippen LogP contribution is -2.14. The highest BCUT2D eigenvalue weighted by Gasteiger charge is 2.22. The van der Waals surface area contributed by atoms with Crippen molar-refractivity contribution in [3.63, 3.8) is 0 Å². The molecule has 0 bridgehead atoms. The van der Waals surface area contributed by atoms with Crippen molar-refractivity contribution in [1.29, 1.82) is 0 Å². The van der Waals surface area contributed by atoms with Gasteiger partial charge in [-0.2, -0.15) is 4.98 Å². The molecule has 0 aliphatic heterocycles. The third-order valence-corrected chi connectivity index (χ3v) is 2.47. The summed E-state index contributed by atoms with van der Waals surface area (Å²) in [7, 11) is 1.64. The fourth-order valence-corrected chi connectivity index (χ4v) is 1.54. The molecule has 0 unspecified atom stereocenters. The van der Waals surface area contributed by atoms with Crippen LogP contribution in [-0.2, 0) is 0 Å². The Hall–Kier alpha value is -2.97. The van der Waals surface area contributed by atoms with Gasteiger partial charge in [-0.1, -0.05) is 5.16 Å². The van der Waals surface area contributed by atoms with Crippen molar-refractivity contribution >= 4 is 23.3 Å². The highest BCUT2D eigenvalue weighted by atomic mass is 16.6. The quantitative estimate of drug-likeness (QED) is 0.642. The van der Waals surface area contributed by atoms with Gasteiger partial charge in [-0.15, -0.1) is 0 Å². The van der Waals surface area contributed by atoms with E-state index in [0.717, 1.165) is 0 Å². The first-order chi connectivity index (χ1) is 9.51. The van der Waals surface area contributed by atoms with E-state index in [1.165, 1.54) is 18.2 Å². The Morgan fingerprint density at radius 1 is 1.45 bits per heavy atom. The van der Waals surface area contributed by atoms with Crippen molar-refractivity contribution in [3.05, 3.63) is 39.7 Å². The molecule has 0 saturated heterocycles. The first-order valence-electron chi connectivity index (χ1n) is 5.59. The highest BCUT2D eigenvalue weighted by Crippen LogP contribution is 2.23. The standard InChI is InChI=1S/C11H11N5O4/c1-6-13-11(20-15-6)14-10(17)8-5-7(12-2)3-4-9(8)16(18)19/h3-5,12H,1-2H3,(H,13,14,15,17). The van der Waals surface area contributed by atoms with Crippen molar-refractivity contribution in [3.8, 4) is 0 Å². The minimum atomic E-state index is -0.697. The van der Waals surface area contributed by atoms with Gasteiger partial charge >= 0.3 is 6.01 Å². The number of hydrogen-bond acceptors (Lipinski definition) is 7. The molecule has 0 fully saturated rings. The number of rotatable bonds is 4. The zero-order valence-electron chi connectivity index (χ0n) is 10.7. The Bertz CT molecular complexity index is 667. The molecular weight excluding hydrogens is 266 g/mol. The number of nitrogens with one attached hydrogen (secondary N) is 2. The number of carbonyl (C=O) groups excluding carboxylic acids is 1. The number of aryl methyl sites for hydroxylation is 1. The van der Waals surface area contributed by atoms with Crippen LogP contribution in [0.25, 0.3) is 0 Å². The van der Waals surface area contributed by atoms with E-state index in [9.17, 15) is 14.9 Å². The third-order valence-electron chi connectivity index (χ3n) is 2.47. The van der Waals surface area contributed by atoms with Crippen LogP contribution in [0.2, 0.25) is 0 Å². The average molecular weight is 277 g/mol. The van der Waals surface area contributed by atoms with E-state index < -0.39 is 10.8 Å². The molecule has 2 N–H and O–H groups in total. The molecule has 0 aliphatic carbocycles. The van der Waals surface area contributed by atoms with Crippen molar-refractivity contribution in [2.24, 2.45) is 0 Å². The lowest BCUT2D eigenvalue weighted by molar-refractivity contribution is -0.385. The molecule has 0 atom stereocenters. The molecule has 0 saturated carbocycles. The van der Waals surface area contributed by atoms with Gasteiger partial charge in [0.2, 0.25) is 0 Å². The number of nitro groups is 1. The topological polar surface area (TPSA) is 123 Å². The number of aromatic nitrogens is 2. The van der Waals surface area contributed by atoms with E-state index in [2.05, 4.69) is 20.8 Å². The maximum absolute atomic E-state index is 12.0. The highest BCUT2D eigenvalue weighted by molar-refractivity contribution is 6.06. The van der Waals surface area contributed by atoms with Crippen LogP contribution in [0.1, 0.15) is 16.2 Å². The Labute approximate surface area is 113 Å². The summed E-state index contributed by atoms with van der Waals surface area (Å²) in [5.74, 6) is -0.351. The summed E-state index contributed by atoms with van der Waals surface area (Å²) >= 11 is 0. The molecule has 104 valence electrons. The molecule has 2 aromatic rings. The molecule has 2 rings (SSSR count). The largest absolute Gasteiger partial charge is 0.388 e. The summed E-state index contributed by atoms with van der Waals surface area (Å²) in [6.45, 7) is 1.59. The summed E-state index contributed by atoms with van der Waals surface area (Å²) in [4.78, 5) is 26.1. The number of amides is 1. The minimum absolute atomic E-state index is 0.0993. The monoisotopic (exact) mass is 277 g/mol. The molecule has 9 nitrogen and oxygen atoms in total. The predicted molar refractivity (Wildman–Crippen MR) is 69.6 cm³/mol. The smallest absolute Gasteiger partial charge is 0.328 e. The number of nitrogens with zero attached hydrogens (tertiary/aromatic N) is 3. The van der Waals surface area contributed by atoms with Crippen molar-refractivity contribution in [2.45, 2.75) is 6.92 Å². The van der Waals surface area contributed by atoms with Gasteiger partial charge in [0.25, 0.3) is 11.6 Å². The second kappa shape index (κ2) is 5.34. The zero-order valence-corrected chi connectivity index (χ0v) is 10.7. The van der Waals surface area contributed by atoms with Gasteiger partial charge in [0.15, 0.2) is 5.82 Å². The number of nitro benzene ring substituents is 1. The summed E-state index contributed by atoms with van der Waals surface area (Å²) in [5, 5.41) is 19.6. The van der Waals surface area contributed by atoms with Crippen LogP contribution in [0.4, 0.5) is 17.4 Å². The number of anilines is 2. The van der Waals surface area contributed by atoms with Crippen LogP contribution in [0, 0.1) is 17.0 Å². The molecule has 1 heterocycles. The van der Waals surface area contributed by atoms with E-state index in [4.69, 9.17) is 4.52 Å². The Kier molecular flexibility index (Phi) is 3.60. The van der Waals surface area contributed by atoms with Crippen molar-refractivity contribution < 1.29 is 14.2 Å². The van der Waals surface area contributed by atoms with Crippen molar-refractivity contribution in [1.82, 2.24) is 10.1 Å². The maximum atomic E-state index is 12.0. The predicted octanol–water partition coefficient (Wildman–Crippen LogP) is 1.58. The van der Waals surface area contributed by atoms with E-state index in [-0.39, 0.29) is 17.3 Å². The van der Waals surface area contributed by atoms with E-state index >= 15 is 0 Å². The van der Waals surface area contributed by atoms with Crippen LogP contribution in [0.3, 0.4) is 0 Å². The first-order valence-corrected chi connectivity index (χ1v) is 5.59. The summed E-state index contributed by atoms with van der Waals surface area (Å²) in [5.41, 5.74) is 0.165. The molecule has 9 heteroatoms. The summed E-state index contributed by atoms with van der Waals surface area (Å²) in [6.07, 6.45) is 0. The first kappa shape index (κ1) is 13.5. The van der Waals surface area contributed by atoms with Gasteiger partial charge in [-0.3, -0.25) is 20.2 Å². The van der Waals surface area contributed by atoms with Gasteiger partial charge in [0, 0.05) is 18.8 Å². The molecule has 1 aromatic carbocycles. The van der Waals surface area contributed by atoms with Crippen LogP contribution < -0.4 is 10.6 Å². The molecule has 20 heavy (non-hydrogen) atoms. The molecule has 1 amide bonds. The minimum Gasteiger partial charge on any atom is -0.388 e. The lowest BCUT2D eigenvalue weighted by Gasteiger charge is -2.05. The zero-order chi connectivity index (χ0) is 14.7. The maximum Gasteiger partial charge on any atom is 0.328 e. The number of carbonyl (C=O) groups is 1.